The van der Waals surface area contributed by atoms with Gasteiger partial charge in [-0.15, -0.1) is 11.3 Å². The van der Waals surface area contributed by atoms with E-state index in [0.29, 0.717) is 0 Å². The van der Waals surface area contributed by atoms with Crippen LogP contribution in [0.5, 0.6) is 5.75 Å². The molecule has 1 aromatic carbocycles. The highest BCUT2D eigenvalue weighted by Gasteiger charge is 2.17. The second kappa shape index (κ2) is 5.77. The van der Waals surface area contributed by atoms with Crippen LogP contribution in [0.15, 0.2) is 34.1 Å². The van der Waals surface area contributed by atoms with Crippen molar-refractivity contribution in [3.05, 3.63) is 50.6 Å². The summed E-state index contributed by atoms with van der Waals surface area (Å²) in [7, 11) is 0. The zero-order chi connectivity index (χ0) is 13.1. The third kappa shape index (κ3) is 2.88. The molecular weight excluding hydrogens is 324 g/mol. The fourth-order valence-corrected chi connectivity index (χ4v) is 2.93. The second-order valence-corrected chi connectivity index (χ2v) is 5.42. The Hall–Kier alpha value is -0.980. The fourth-order valence-electron chi connectivity index (χ4n) is 1.45. The lowest BCUT2D eigenvalue weighted by atomic mass is 10.2. The Morgan fingerprint density at radius 1 is 1.39 bits per heavy atom. The molecule has 0 radical (unpaired) electrons. The SMILES string of the molecule is NCC(Oc1cccc(F)c1F)c1cc(Br)cs1. The first-order valence-corrected chi connectivity index (χ1v) is 6.83. The maximum Gasteiger partial charge on any atom is 0.200 e. The summed E-state index contributed by atoms with van der Waals surface area (Å²) >= 11 is 4.76. The number of hydrogen-bond acceptors (Lipinski definition) is 3. The van der Waals surface area contributed by atoms with Crippen LogP contribution in [0.4, 0.5) is 8.78 Å². The molecule has 1 atom stereocenters. The van der Waals surface area contributed by atoms with E-state index in [1.54, 1.807) is 0 Å². The average molecular weight is 334 g/mol. The van der Waals surface area contributed by atoms with E-state index in [1.807, 2.05) is 11.4 Å². The van der Waals surface area contributed by atoms with E-state index in [2.05, 4.69) is 15.9 Å². The van der Waals surface area contributed by atoms with E-state index in [4.69, 9.17) is 10.5 Å². The minimum Gasteiger partial charge on any atom is -0.480 e. The van der Waals surface area contributed by atoms with Gasteiger partial charge in [-0.1, -0.05) is 6.07 Å². The molecular formula is C12H10BrF2NOS. The Bertz CT molecular complexity index is 547. The molecule has 96 valence electrons. The molecule has 0 bridgehead atoms. The molecule has 18 heavy (non-hydrogen) atoms. The van der Waals surface area contributed by atoms with Gasteiger partial charge in [-0.2, -0.15) is 4.39 Å². The van der Waals surface area contributed by atoms with E-state index in [1.165, 1.54) is 23.5 Å². The summed E-state index contributed by atoms with van der Waals surface area (Å²) in [6.07, 6.45) is -0.488. The third-order valence-electron chi connectivity index (χ3n) is 2.30. The molecule has 1 aromatic heterocycles. The van der Waals surface area contributed by atoms with Crippen LogP contribution >= 0.6 is 27.3 Å². The number of ether oxygens (including phenoxy) is 1. The molecule has 0 aliphatic carbocycles. The molecule has 2 aromatic rings. The van der Waals surface area contributed by atoms with Crippen molar-refractivity contribution in [1.82, 2.24) is 0 Å². The van der Waals surface area contributed by atoms with Crippen LogP contribution in [0.1, 0.15) is 11.0 Å². The fraction of sp³-hybridized carbons (Fsp3) is 0.167. The largest absolute Gasteiger partial charge is 0.480 e. The lowest BCUT2D eigenvalue weighted by Gasteiger charge is -2.16. The van der Waals surface area contributed by atoms with Crippen molar-refractivity contribution in [2.45, 2.75) is 6.10 Å². The standard InChI is InChI=1S/C12H10BrF2NOS/c13-7-4-11(18-6-7)10(5-16)17-9-3-1-2-8(14)12(9)15/h1-4,6,10H,5,16H2. The Morgan fingerprint density at radius 2 is 2.17 bits per heavy atom. The molecule has 0 aliphatic heterocycles. The Labute approximate surface area is 116 Å². The van der Waals surface area contributed by atoms with Crippen molar-refractivity contribution < 1.29 is 13.5 Å². The summed E-state index contributed by atoms with van der Waals surface area (Å²) < 4.78 is 32.9. The van der Waals surface area contributed by atoms with Crippen molar-refractivity contribution in [3.8, 4) is 5.75 Å². The van der Waals surface area contributed by atoms with Gasteiger partial charge in [0.25, 0.3) is 0 Å². The summed E-state index contributed by atoms with van der Waals surface area (Å²) in [4.78, 5) is 0.855. The number of rotatable bonds is 4. The maximum absolute atomic E-state index is 13.5. The van der Waals surface area contributed by atoms with E-state index >= 15 is 0 Å². The van der Waals surface area contributed by atoms with Gasteiger partial charge in [0.1, 0.15) is 6.10 Å². The molecule has 0 saturated carbocycles. The van der Waals surface area contributed by atoms with Crippen LogP contribution < -0.4 is 10.5 Å². The number of halogens is 3. The number of thiophene rings is 1. The monoisotopic (exact) mass is 333 g/mol. The summed E-state index contributed by atoms with van der Waals surface area (Å²) in [6.45, 7) is 0.183. The molecule has 0 amide bonds. The van der Waals surface area contributed by atoms with Crippen LogP contribution in [0.3, 0.4) is 0 Å². The van der Waals surface area contributed by atoms with Crippen molar-refractivity contribution in [1.29, 1.82) is 0 Å². The Kier molecular flexibility index (Phi) is 4.31. The molecule has 0 saturated heterocycles. The highest BCUT2D eigenvalue weighted by atomic mass is 79.9. The van der Waals surface area contributed by atoms with Gasteiger partial charge in [-0.3, -0.25) is 0 Å². The smallest absolute Gasteiger partial charge is 0.200 e. The molecule has 1 unspecified atom stereocenters. The molecule has 0 aliphatic rings. The summed E-state index contributed by atoms with van der Waals surface area (Å²) in [5.41, 5.74) is 5.60. The average Bonchev–Trinajstić information content (AvgIpc) is 2.78. The molecule has 6 heteroatoms. The minimum absolute atomic E-state index is 0.130. The van der Waals surface area contributed by atoms with Crippen molar-refractivity contribution in [2.75, 3.05) is 6.54 Å². The maximum atomic E-state index is 13.5. The first-order chi connectivity index (χ1) is 8.61. The van der Waals surface area contributed by atoms with Crippen molar-refractivity contribution in [3.63, 3.8) is 0 Å². The third-order valence-corrected chi connectivity index (χ3v) is 4.09. The quantitative estimate of drug-likeness (QED) is 0.921. The van der Waals surface area contributed by atoms with Gasteiger partial charge in [0.2, 0.25) is 5.82 Å². The highest BCUT2D eigenvalue weighted by molar-refractivity contribution is 9.10. The van der Waals surface area contributed by atoms with Gasteiger partial charge in [0, 0.05) is 21.3 Å². The van der Waals surface area contributed by atoms with Gasteiger partial charge >= 0.3 is 0 Å². The van der Waals surface area contributed by atoms with Gasteiger partial charge in [-0.25, -0.2) is 4.39 Å². The van der Waals surface area contributed by atoms with E-state index in [-0.39, 0.29) is 12.3 Å². The van der Waals surface area contributed by atoms with Gasteiger partial charge < -0.3 is 10.5 Å². The zero-order valence-electron chi connectivity index (χ0n) is 9.20. The van der Waals surface area contributed by atoms with Crippen LogP contribution in [0.2, 0.25) is 0 Å². The van der Waals surface area contributed by atoms with E-state index < -0.39 is 17.7 Å². The second-order valence-electron chi connectivity index (χ2n) is 3.56. The topological polar surface area (TPSA) is 35.2 Å². The van der Waals surface area contributed by atoms with Crippen LogP contribution in [-0.2, 0) is 0 Å². The van der Waals surface area contributed by atoms with Gasteiger partial charge in [0.05, 0.1) is 0 Å². The lowest BCUT2D eigenvalue weighted by molar-refractivity contribution is 0.205. The van der Waals surface area contributed by atoms with Crippen LogP contribution in [-0.4, -0.2) is 6.54 Å². The molecule has 0 fully saturated rings. The normalized spacial score (nSPS) is 12.4. The summed E-state index contributed by atoms with van der Waals surface area (Å²) in [5.74, 6) is -2.06. The lowest BCUT2D eigenvalue weighted by Crippen LogP contribution is -2.18. The van der Waals surface area contributed by atoms with Crippen LogP contribution in [0, 0.1) is 11.6 Å². The van der Waals surface area contributed by atoms with E-state index in [9.17, 15) is 8.78 Å². The predicted molar refractivity (Wildman–Crippen MR) is 70.8 cm³/mol. The molecule has 2 nitrogen and oxygen atoms in total. The van der Waals surface area contributed by atoms with Crippen molar-refractivity contribution in [2.24, 2.45) is 5.73 Å². The number of nitrogens with two attached hydrogens (primary N) is 1. The number of benzene rings is 1. The van der Waals surface area contributed by atoms with Crippen molar-refractivity contribution >= 4 is 27.3 Å². The first-order valence-electron chi connectivity index (χ1n) is 5.16. The van der Waals surface area contributed by atoms with Gasteiger partial charge in [0.15, 0.2) is 11.6 Å². The molecule has 2 rings (SSSR count). The Morgan fingerprint density at radius 3 is 2.78 bits per heavy atom. The van der Waals surface area contributed by atoms with Crippen LogP contribution in [0.25, 0.3) is 0 Å². The minimum atomic E-state index is -0.994. The van der Waals surface area contributed by atoms with Gasteiger partial charge in [-0.05, 0) is 34.1 Å². The Balaban J connectivity index is 2.23. The highest BCUT2D eigenvalue weighted by Crippen LogP contribution is 2.30. The zero-order valence-corrected chi connectivity index (χ0v) is 11.6. The molecule has 2 N–H and O–H groups in total. The van der Waals surface area contributed by atoms with E-state index in [0.717, 1.165) is 15.4 Å². The first kappa shape index (κ1) is 13.5. The predicted octanol–water partition coefficient (Wildman–Crippen LogP) is 3.87. The summed E-state index contributed by atoms with van der Waals surface area (Å²) in [6, 6.07) is 5.66. The number of hydrogen-bond donors (Lipinski definition) is 1. The molecule has 0 spiro atoms. The molecule has 1 heterocycles. The summed E-state index contributed by atoms with van der Waals surface area (Å²) in [5, 5.41) is 1.88.